The lowest BCUT2D eigenvalue weighted by molar-refractivity contribution is -0.129. The Morgan fingerprint density at radius 2 is 1.62 bits per heavy atom. The molecule has 2 atom stereocenters. The van der Waals surface area contributed by atoms with Crippen molar-refractivity contribution in [2.75, 3.05) is 27.4 Å². The lowest BCUT2D eigenvalue weighted by Gasteiger charge is -2.22. The number of ether oxygens (including phenoxy) is 4. The third kappa shape index (κ3) is 6.89. The van der Waals surface area contributed by atoms with Gasteiger partial charge in [0.15, 0.2) is 11.5 Å². The van der Waals surface area contributed by atoms with Gasteiger partial charge in [-0.05, 0) is 41.7 Å². The van der Waals surface area contributed by atoms with E-state index in [-0.39, 0.29) is 30.9 Å². The van der Waals surface area contributed by atoms with Crippen molar-refractivity contribution in [3.8, 4) is 11.5 Å². The van der Waals surface area contributed by atoms with Crippen molar-refractivity contribution >= 4 is 12.0 Å². The molecule has 3 aromatic carbocycles. The number of benzene rings is 3. The topological polar surface area (TPSA) is 74.3 Å². The minimum atomic E-state index is -0.575. The van der Waals surface area contributed by atoms with Crippen LogP contribution in [0.1, 0.15) is 35.4 Å². The van der Waals surface area contributed by atoms with Crippen LogP contribution in [0.25, 0.3) is 0 Å². The second kappa shape index (κ2) is 12.9. The Labute approximate surface area is 217 Å². The molecule has 194 valence electrons. The Morgan fingerprint density at radius 1 is 0.946 bits per heavy atom. The zero-order valence-corrected chi connectivity index (χ0v) is 21.3. The summed E-state index contributed by atoms with van der Waals surface area (Å²) in [4.78, 5) is 27.0. The van der Waals surface area contributed by atoms with Crippen LogP contribution in [0.2, 0.25) is 0 Å². The Morgan fingerprint density at radius 3 is 2.30 bits per heavy atom. The number of nitrogens with zero attached hydrogens (tertiary/aromatic N) is 1. The molecule has 1 saturated heterocycles. The second-order valence-corrected chi connectivity index (χ2v) is 9.03. The van der Waals surface area contributed by atoms with Crippen molar-refractivity contribution in [3.05, 3.63) is 95.6 Å². The molecule has 1 aliphatic heterocycles. The Kier molecular flexibility index (Phi) is 9.16. The van der Waals surface area contributed by atoms with Gasteiger partial charge in [0.1, 0.15) is 6.61 Å². The third-order valence-electron chi connectivity index (χ3n) is 6.56. The Balaban J connectivity index is 1.45. The predicted molar refractivity (Wildman–Crippen MR) is 140 cm³/mol. The van der Waals surface area contributed by atoms with Gasteiger partial charge in [-0.1, -0.05) is 66.7 Å². The Bertz CT molecular complexity index is 1170. The number of imide groups is 1. The molecule has 0 aliphatic carbocycles. The molecule has 0 aromatic heterocycles. The first-order chi connectivity index (χ1) is 18.1. The van der Waals surface area contributed by atoms with Crippen molar-refractivity contribution < 1.29 is 28.5 Å². The normalized spacial score (nSPS) is 15.8. The molecule has 2 amide bonds. The molecule has 4 rings (SSSR count). The van der Waals surface area contributed by atoms with E-state index in [0.29, 0.717) is 37.6 Å². The summed E-state index contributed by atoms with van der Waals surface area (Å²) in [6, 6.07) is 25.2. The molecule has 1 heterocycles. The highest BCUT2D eigenvalue weighted by molar-refractivity contribution is 5.93. The first-order valence-corrected chi connectivity index (χ1v) is 12.5. The predicted octanol–water partition coefficient (Wildman–Crippen LogP) is 5.37. The van der Waals surface area contributed by atoms with Crippen molar-refractivity contribution in [1.82, 2.24) is 4.90 Å². The maximum Gasteiger partial charge on any atom is 0.416 e. The van der Waals surface area contributed by atoms with Gasteiger partial charge in [-0.3, -0.25) is 4.79 Å². The van der Waals surface area contributed by atoms with Gasteiger partial charge in [-0.2, -0.15) is 0 Å². The number of cyclic esters (lactones) is 1. The van der Waals surface area contributed by atoms with Crippen LogP contribution in [0.5, 0.6) is 11.5 Å². The van der Waals surface area contributed by atoms with E-state index in [0.717, 1.165) is 16.7 Å². The van der Waals surface area contributed by atoms with E-state index in [2.05, 4.69) is 0 Å². The summed E-state index contributed by atoms with van der Waals surface area (Å²) < 4.78 is 22.2. The molecule has 3 aromatic rings. The Hall–Kier alpha value is -3.84. The highest BCUT2D eigenvalue weighted by Crippen LogP contribution is 2.33. The summed E-state index contributed by atoms with van der Waals surface area (Å²) in [5.74, 6) is 0.927. The lowest BCUT2D eigenvalue weighted by atomic mass is 9.94. The number of rotatable bonds is 12. The van der Waals surface area contributed by atoms with Crippen molar-refractivity contribution in [2.45, 2.75) is 37.8 Å². The van der Waals surface area contributed by atoms with Gasteiger partial charge in [0.05, 0.1) is 33.5 Å². The van der Waals surface area contributed by atoms with E-state index in [1.54, 1.807) is 14.2 Å². The van der Waals surface area contributed by atoms with Crippen molar-refractivity contribution in [2.24, 2.45) is 0 Å². The van der Waals surface area contributed by atoms with Crippen LogP contribution in [0.15, 0.2) is 78.9 Å². The van der Waals surface area contributed by atoms with Crippen molar-refractivity contribution in [1.29, 1.82) is 0 Å². The number of carbonyl (C=O) groups excluding carboxylic acids is 2. The summed E-state index contributed by atoms with van der Waals surface area (Å²) in [6.45, 7) is 1.09. The summed E-state index contributed by atoms with van der Waals surface area (Å²) in [5.41, 5.74) is 3.11. The average Bonchev–Trinajstić information content (AvgIpc) is 3.30. The summed E-state index contributed by atoms with van der Waals surface area (Å²) >= 11 is 0. The van der Waals surface area contributed by atoms with E-state index >= 15 is 0 Å². The van der Waals surface area contributed by atoms with Crippen LogP contribution >= 0.6 is 0 Å². The van der Waals surface area contributed by atoms with Gasteiger partial charge in [-0.15, -0.1) is 0 Å². The maximum atomic E-state index is 13.3. The molecule has 0 bridgehead atoms. The van der Waals surface area contributed by atoms with Crippen LogP contribution in [0, 0.1) is 0 Å². The number of methoxy groups -OCH3 is 2. The van der Waals surface area contributed by atoms with E-state index in [4.69, 9.17) is 18.9 Å². The number of carbonyl (C=O) groups is 2. The van der Waals surface area contributed by atoms with Crippen LogP contribution in [0.3, 0.4) is 0 Å². The van der Waals surface area contributed by atoms with Gasteiger partial charge in [0, 0.05) is 12.3 Å². The van der Waals surface area contributed by atoms with Crippen LogP contribution in [-0.2, 0) is 27.3 Å². The molecule has 7 nitrogen and oxygen atoms in total. The van der Waals surface area contributed by atoms with E-state index in [1.807, 2.05) is 78.9 Å². The molecule has 0 saturated carbocycles. The number of hydrogen-bond donors (Lipinski definition) is 0. The van der Waals surface area contributed by atoms with Gasteiger partial charge in [0.2, 0.25) is 5.91 Å². The minimum absolute atomic E-state index is 0.0846. The van der Waals surface area contributed by atoms with E-state index in [1.165, 1.54) is 4.90 Å². The molecular weight excluding hydrogens is 470 g/mol. The fraction of sp³-hybridized carbons (Fsp3) is 0.333. The maximum absolute atomic E-state index is 13.3. The van der Waals surface area contributed by atoms with Gasteiger partial charge in [0.25, 0.3) is 0 Å². The highest BCUT2D eigenvalue weighted by atomic mass is 16.6. The fourth-order valence-corrected chi connectivity index (χ4v) is 4.57. The fourth-order valence-electron chi connectivity index (χ4n) is 4.57. The van der Waals surface area contributed by atoms with Gasteiger partial charge < -0.3 is 18.9 Å². The number of hydrogen-bond acceptors (Lipinski definition) is 6. The number of amides is 2. The molecule has 1 fully saturated rings. The van der Waals surface area contributed by atoms with Crippen LogP contribution < -0.4 is 9.47 Å². The molecule has 37 heavy (non-hydrogen) atoms. The average molecular weight is 504 g/mol. The first-order valence-electron chi connectivity index (χ1n) is 12.5. The highest BCUT2D eigenvalue weighted by Gasteiger charge is 2.37. The smallest absolute Gasteiger partial charge is 0.416 e. The second-order valence-electron chi connectivity index (χ2n) is 9.03. The molecular formula is C30H33NO6. The minimum Gasteiger partial charge on any atom is -0.493 e. The third-order valence-corrected chi connectivity index (χ3v) is 6.56. The standard InChI is InChI=1S/C30H33NO6/c1-34-27-15-13-24(18-28(27)35-2)25(20-36-19-23-11-7-4-8-12-23)14-16-29(32)31-26(21-37-30(31)33)17-22-9-5-3-6-10-22/h3-13,15,18,25-26H,14,16-17,19-21H2,1-2H3/t25-,26+/m1/s1. The molecule has 0 radical (unpaired) electrons. The van der Waals surface area contributed by atoms with E-state index in [9.17, 15) is 9.59 Å². The van der Waals surface area contributed by atoms with Crippen LogP contribution in [-0.4, -0.2) is 50.4 Å². The molecule has 7 heteroatoms. The summed E-state index contributed by atoms with van der Waals surface area (Å²) in [5, 5.41) is 0. The zero-order valence-electron chi connectivity index (χ0n) is 21.3. The van der Waals surface area contributed by atoms with Crippen LogP contribution in [0.4, 0.5) is 4.79 Å². The lowest BCUT2D eigenvalue weighted by Crippen LogP contribution is -2.40. The van der Waals surface area contributed by atoms with Gasteiger partial charge in [-0.25, -0.2) is 9.69 Å². The quantitative estimate of drug-likeness (QED) is 0.331. The van der Waals surface area contributed by atoms with Crippen molar-refractivity contribution in [3.63, 3.8) is 0 Å². The van der Waals surface area contributed by atoms with Gasteiger partial charge >= 0.3 is 6.09 Å². The zero-order chi connectivity index (χ0) is 26.0. The molecule has 1 aliphatic rings. The molecule has 0 unspecified atom stereocenters. The SMILES string of the molecule is COc1ccc([C@H](CCC(=O)N2C(=O)OC[C@@H]2Cc2ccccc2)COCc2ccccc2)cc1OC. The summed E-state index contributed by atoms with van der Waals surface area (Å²) in [7, 11) is 3.19. The first kappa shape index (κ1) is 26.2. The molecule has 0 N–H and O–H groups in total. The largest absolute Gasteiger partial charge is 0.493 e. The van der Waals surface area contributed by atoms with E-state index < -0.39 is 6.09 Å². The summed E-state index contributed by atoms with van der Waals surface area (Å²) in [6.07, 6.45) is 0.686. The monoisotopic (exact) mass is 503 g/mol. The molecule has 0 spiro atoms.